The van der Waals surface area contributed by atoms with Crippen LogP contribution in [0.4, 0.5) is 0 Å². The van der Waals surface area contributed by atoms with Gasteiger partial charge in [-0.1, -0.05) is 12.1 Å². The summed E-state index contributed by atoms with van der Waals surface area (Å²) in [6, 6.07) is 8.46. The molecule has 3 heteroatoms. The van der Waals surface area contributed by atoms with Crippen molar-refractivity contribution in [3.63, 3.8) is 0 Å². The van der Waals surface area contributed by atoms with Gasteiger partial charge in [0, 0.05) is 17.5 Å². The lowest BCUT2D eigenvalue weighted by Gasteiger charge is -2.07. The van der Waals surface area contributed by atoms with Gasteiger partial charge in [-0.3, -0.25) is 0 Å². The van der Waals surface area contributed by atoms with E-state index in [9.17, 15) is 0 Å². The Kier molecular flexibility index (Phi) is 5.76. The SMILES string of the molecule is CC(N)c1cccc(SCCCCO)c1. The third-order valence-corrected chi connectivity index (χ3v) is 3.29. The quantitative estimate of drug-likeness (QED) is 0.578. The summed E-state index contributed by atoms with van der Waals surface area (Å²) in [7, 11) is 0. The second-order valence-electron chi connectivity index (χ2n) is 3.64. The molecular formula is C12H19NOS. The van der Waals surface area contributed by atoms with Crippen molar-refractivity contribution in [1.82, 2.24) is 0 Å². The summed E-state index contributed by atoms with van der Waals surface area (Å²) < 4.78 is 0. The molecule has 0 spiro atoms. The molecular weight excluding hydrogens is 206 g/mol. The fourth-order valence-electron chi connectivity index (χ4n) is 1.29. The van der Waals surface area contributed by atoms with E-state index in [0.717, 1.165) is 18.6 Å². The van der Waals surface area contributed by atoms with Gasteiger partial charge in [-0.05, 0) is 43.2 Å². The molecule has 1 atom stereocenters. The molecule has 0 aliphatic heterocycles. The highest BCUT2D eigenvalue weighted by Gasteiger charge is 2.00. The highest BCUT2D eigenvalue weighted by atomic mass is 32.2. The van der Waals surface area contributed by atoms with E-state index >= 15 is 0 Å². The molecule has 1 rings (SSSR count). The zero-order valence-electron chi connectivity index (χ0n) is 9.15. The summed E-state index contributed by atoms with van der Waals surface area (Å²) in [6.45, 7) is 2.29. The molecule has 3 N–H and O–H groups in total. The van der Waals surface area contributed by atoms with Crippen LogP contribution in [0, 0.1) is 0 Å². The zero-order chi connectivity index (χ0) is 11.1. The molecule has 0 amide bonds. The second kappa shape index (κ2) is 6.88. The third kappa shape index (κ3) is 4.69. The number of aliphatic hydroxyl groups excluding tert-OH is 1. The number of benzene rings is 1. The highest BCUT2D eigenvalue weighted by molar-refractivity contribution is 7.99. The topological polar surface area (TPSA) is 46.2 Å². The molecule has 1 unspecified atom stereocenters. The molecule has 15 heavy (non-hydrogen) atoms. The first-order valence-corrected chi connectivity index (χ1v) is 6.32. The summed E-state index contributed by atoms with van der Waals surface area (Å²) in [6.07, 6.45) is 1.95. The number of nitrogens with two attached hydrogens (primary N) is 1. The van der Waals surface area contributed by atoms with E-state index < -0.39 is 0 Å². The Hall–Kier alpha value is -0.510. The number of thioether (sulfide) groups is 1. The smallest absolute Gasteiger partial charge is 0.0431 e. The summed E-state index contributed by atoms with van der Waals surface area (Å²) in [5, 5.41) is 8.65. The van der Waals surface area contributed by atoms with Crippen molar-refractivity contribution < 1.29 is 5.11 Å². The van der Waals surface area contributed by atoms with Gasteiger partial charge in [0.05, 0.1) is 0 Å². The predicted molar refractivity (Wildman–Crippen MR) is 66.1 cm³/mol. The van der Waals surface area contributed by atoms with E-state index in [-0.39, 0.29) is 6.04 Å². The first-order valence-electron chi connectivity index (χ1n) is 5.33. The number of hydrogen-bond acceptors (Lipinski definition) is 3. The Balaban J connectivity index is 2.43. The maximum absolute atomic E-state index is 8.65. The van der Waals surface area contributed by atoms with Crippen molar-refractivity contribution >= 4 is 11.8 Å². The van der Waals surface area contributed by atoms with Crippen LogP contribution in [0.25, 0.3) is 0 Å². The van der Waals surface area contributed by atoms with Crippen LogP contribution in [-0.2, 0) is 0 Å². The lowest BCUT2D eigenvalue weighted by atomic mass is 10.1. The molecule has 0 saturated carbocycles. The van der Waals surface area contributed by atoms with Gasteiger partial charge in [-0.2, -0.15) is 0 Å². The fraction of sp³-hybridized carbons (Fsp3) is 0.500. The van der Waals surface area contributed by atoms with Crippen LogP contribution in [0.2, 0.25) is 0 Å². The van der Waals surface area contributed by atoms with Gasteiger partial charge >= 0.3 is 0 Å². The average Bonchev–Trinajstić information content (AvgIpc) is 2.25. The molecule has 0 aliphatic carbocycles. The molecule has 2 nitrogen and oxygen atoms in total. The predicted octanol–water partition coefficient (Wildman–Crippen LogP) is 2.57. The Bertz CT molecular complexity index is 289. The molecule has 0 fully saturated rings. The molecule has 0 aromatic heterocycles. The Morgan fingerprint density at radius 2 is 2.20 bits per heavy atom. The molecule has 0 bridgehead atoms. The van der Waals surface area contributed by atoms with Crippen molar-refractivity contribution in [2.45, 2.75) is 30.7 Å². The summed E-state index contributed by atoms with van der Waals surface area (Å²) >= 11 is 1.83. The summed E-state index contributed by atoms with van der Waals surface area (Å²) in [5.74, 6) is 1.06. The lowest BCUT2D eigenvalue weighted by molar-refractivity contribution is 0.287. The molecule has 0 aliphatic rings. The van der Waals surface area contributed by atoms with Gasteiger partial charge in [-0.25, -0.2) is 0 Å². The first kappa shape index (κ1) is 12.6. The summed E-state index contributed by atoms with van der Waals surface area (Å²) in [5.41, 5.74) is 7.00. The van der Waals surface area contributed by atoms with Gasteiger partial charge in [0.1, 0.15) is 0 Å². The van der Waals surface area contributed by atoms with Crippen molar-refractivity contribution in [3.05, 3.63) is 29.8 Å². The maximum Gasteiger partial charge on any atom is 0.0431 e. The van der Waals surface area contributed by atoms with Crippen LogP contribution in [0.1, 0.15) is 31.4 Å². The molecule has 0 radical (unpaired) electrons. The van der Waals surface area contributed by atoms with Crippen LogP contribution < -0.4 is 5.73 Å². The minimum atomic E-state index is 0.1000. The minimum Gasteiger partial charge on any atom is -0.396 e. The summed E-state index contributed by atoms with van der Waals surface area (Å²) in [4.78, 5) is 1.27. The number of unbranched alkanes of at least 4 members (excludes halogenated alkanes) is 1. The molecule has 0 saturated heterocycles. The van der Waals surface area contributed by atoms with Crippen molar-refractivity contribution in [3.8, 4) is 0 Å². The van der Waals surface area contributed by atoms with Crippen LogP contribution in [0.3, 0.4) is 0 Å². The van der Waals surface area contributed by atoms with Gasteiger partial charge in [-0.15, -0.1) is 11.8 Å². The number of hydrogen-bond donors (Lipinski definition) is 2. The van der Waals surface area contributed by atoms with Crippen molar-refractivity contribution in [2.24, 2.45) is 5.73 Å². The lowest BCUT2D eigenvalue weighted by Crippen LogP contribution is -2.04. The zero-order valence-corrected chi connectivity index (χ0v) is 9.96. The number of rotatable bonds is 6. The van der Waals surface area contributed by atoms with E-state index in [4.69, 9.17) is 10.8 Å². The van der Waals surface area contributed by atoms with Crippen molar-refractivity contribution in [1.29, 1.82) is 0 Å². The maximum atomic E-state index is 8.65. The molecule has 84 valence electrons. The van der Waals surface area contributed by atoms with Gasteiger partial charge < -0.3 is 10.8 Å². The monoisotopic (exact) mass is 225 g/mol. The largest absolute Gasteiger partial charge is 0.396 e. The Morgan fingerprint density at radius 1 is 1.40 bits per heavy atom. The fourth-order valence-corrected chi connectivity index (χ4v) is 2.27. The number of aliphatic hydroxyl groups is 1. The highest BCUT2D eigenvalue weighted by Crippen LogP contribution is 2.22. The van der Waals surface area contributed by atoms with E-state index in [1.54, 1.807) is 0 Å². The minimum absolute atomic E-state index is 0.1000. The molecule has 1 aromatic carbocycles. The van der Waals surface area contributed by atoms with Crippen LogP contribution >= 0.6 is 11.8 Å². The normalized spacial score (nSPS) is 12.7. The standard InChI is InChI=1S/C12H19NOS/c1-10(13)11-5-4-6-12(9-11)15-8-3-2-7-14/h4-6,9-10,14H,2-3,7-8,13H2,1H3. The van der Waals surface area contributed by atoms with E-state index in [2.05, 4.69) is 18.2 Å². The van der Waals surface area contributed by atoms with Crippen LogP contribution in [0.15, 0.2) is 29.2 Å². The van der Waals surface area contributed by atoms with Crippen molar-refractivity contribution in [2.75, 3.05) is 12.4 Å². The van der Waals surface area contributed by atoms with E-state index in [1.165, 1.54) is 10.5 Å². The third-order valence-electron chi connectivity index (χ3n) is 2.21. The van der Waals surface area contributed by atoms with Gasteiger partial charge in [0.2, 0.25) is 0 Å². The van der Waals surface area contributed by atoms with E-state index in [1.807, 2.05) is 24.8 Å². The first-order chi connectivity index (χ1) is 7.24. The average molecular weight is 225 g/mol. The Morgan fingerprint density at radius 3 is 2.87 bits per heavy atom. The second-order valence-corrected chi connectivity index (χ2v) is 4.81. The molecule has 1 aromatic rings. The molecule has 0 heterocycles. The van der Waals surface area contributed by atoms with Crippen LogP contribution in [0.5, 0.6) is 0 Å². The van der Waals surface area contributed by atoms with Gasteiger partial charge in [0.15, 0.2) is 0 Å². The van der Waals surface area contributed by atoms with Gasteiger partial charge in [0.25, 0.3) is 0 Å². The Labute approximate surface area is 95.9 Å². The van der Waals surface area contributed by atoms with Crippen LogP contribution in [-0.4, -0.2) is 17.5 Å². The van der Waals surface area contributed by atoms with E-state index in [0.29, 0.717) is 6.61 Å².